The Balaban J connectivity index is 2.02. The van der Waals surface area contributed by atoms with Gasteiger partial charge in [0.25, 0.3) is 0 Å². The van der Waals surface area contributed by atoms with Gasteiger partial charge in [0.2, 0.25) is 0 Å². The molecule has 0 aliphatic heterocycles. The first-order valence-electron chi connectivity index (χ1n) is 5.72. The minimum Gasteiger partial charge on any atom is -0.307 e. The monoisotopic (exact) mass is 267 g/mol. The maximum Gasteiger partial charge on any atom is 0.0320 e. The van der Waals surface area contributed by atoms with Crippen molar-refractivity contribution in [2.75, 3.05) is 0 Å². The third-order valence-electron chi connectivity index (χ3n) is 3.21. The summed E-state index contributed by atoms with van der Waals surface area (Å²) in [6.07, 6.45) is 2.50. The Kier molecular flexibility index (Phi) is 3.47. The standard InChI is InChI=1S/C13H18BrN/c1-3-12(15-13-8-9(13)2)10-4-6-11(14)7-5-10/h4-7,9,12-13,15H,3,8H2,1-2H3. The number of rotatable bonds is 4. The van der Waals surface area contributed by atoms with E-state index >= 15 is 0 Å². The summed E-state index contributed by atoms with van der Waals surface area (Å²) in [5.74, 6) is 0.870. The van der Waals surface area contributed by atoms with Crippen LogP contribution in [-0.2, 0) is 0 Å². The van der Waals surface area contributed by atoms with Crippen LogP contribution in [0.1, 0.15) is 38.3 Å². The minimum atomic E-state index is 0.521. The molecule has 1 aliphatic rings. The first-order valence-corrected chi connectivity index (χ1v) is 6.51. The first-order chi connectivity index (χ1) is 7.20. The molecule has 1 nitrogen and oxygen atoms in total. The molecule has 1 aliphatic carbocycles. The van der Waals surface area contributed by atoms with E-state index in [0.29, 0.717) is 6.04 Å². The fourth-order valence-electron chi connectivity index (χ4n) is 1.96. The molecule has 0 saturated heterocycles. The quantitative estimate of drug-likeness (QED) is 0.873. The molecule has 3 atom stereocenters. The number of benzene rings is 1. The SMILES string of the molecule is CCC(NC1CC1C)c1ccc(Br)cc1. The van der Waals surface area contributed by atoms with Crippen LogP contribution in [0.2, 0.25) is 0 Å². The van der Waals surface area contributed by atoms with Crippen molar-refractivity contribution < 1.29 is 0 Å². The molecular weight excluding hydrogens is 250 g/mol. The molecule has 0 heterocycles. The number of hydrogen-bond donors (Lipinski definition) is 1. The molecule has 1 fully saturated rings. The molecule has 1 aromatic carbocycles. The van der Waals surface area contributed by atoms with E-state index in [9.17, 15) is 0 Å². The Bertz CT molecular complexity index is 320. The van der Waals surface area contributed by atoms with Crippen LogP contribution in [0.5, 0.6) is 0 Å². The zero-order valence-electron chi connectivity index (χ0n) is 9.33. The van der Waals surface area contributed by atoms with E-state index in [1.807, 2.05) is 0 Å². The molecule has 1 aromatic rings. The summed E-state index contributed by atoms with van der Waals surface area (Å²) in [6, 6.07) is 9.93. The lowest BCUT2D eigenvalue weighted by Gasteiger charge is -2.17. The van der Waals surface area contributed by atoms with Crippen molar-refractivity contribution >= 4 is 15.9 Å². The van der Waals surface area contributed by atoms with Crippen molar-refractivity contribution in [2.45, 2.75) is 38.8 Å². The van der Waals surface area contributed by atoms with E-state index in [1.54, 1.807) is 0 Å². The van der Waals surface area contributed by atoms with Crippen LogP contribution >= 0.6 is 15.9 Å². The number of halogens is 1. The molecule has 15 heavy (non-hydrogen) atoms. The van der Waals surface area contributed by atoms with Gasteiger partial charge in [0.1, 0.15) is 0 Å². The zero-order chi connectivity index (χ0) is 10.8. The van der Waals surface area contributed by atoms with Crippen molar-refractivity contribution in [1.29, 1.82) is 0 Å². The van der Waals surface area contributed by atoms with Crippen LogP contribution in [0.15, 0.2) is 28.7 Å². The van der Waals surface area contributed by atoms with Gasteiger partial charge >= 0.3 is 0 Å². The molecule has 1 saturated carbocycles. The minimum absolute atomic E-state index is 0.521. The van der Waals surface area contributed by atoms with Crippen molar-refractivity contribution in [3.8, 4) is 0 Å². The molecule has 0 spiro atoms. The van der Waals surface area contributed by atoms with Gasteiger partial charge in [0, 0.05) is 16.6 Å². The molecule has 0 bridgehead atoms. The molecule has 0 radical (unpaired) electrons. The molecule has 82 valence electrons. The number of hydrogen-bond acceptors (Lipinski definition) is 1. The second-order valence-electron chi connectivity index (χ2n) is 4.50. The van der Waals surface area contributed by atoms with Crippen molar-refractivity contribution in [1.82, 2.24) is 5.32 Å². The number of nitrogens with one attached hydrogen (secondary N) is 1. The third kappa shape index (κ3) is 2.82. The molecule has 2 heteroatoms. The Morgan fingerprint density at radius 2 is 2.00 bits per heavy atom. The highest BCUT2D eigenvalue weighted by Gasteiger charge is 2.33. The van der Waals surface area contributed by atoms with Gasteiger partial charge in [-0.3, -0.25) is 0 Å². The molecule has 0 amide bonds. The highest BCUT2D eigenvalue weighted by Crippen LogP contribution is 2.32. The van der Waals surface area contributed by atoms with Crippen LogP contribution in [-0.4, -0.2) is 6.04 Å². The lowest BCUT2D eigenvalue weighted by molar-refractivity contribution is 0.502. The summed E-state index contributed by atoms with van der Waals surface area (Å²) in [7, 11) is 0. The van der Waals surface area contributed by atoms with Gasteiger partial charge in [0.15, 0.2) is 0 Å². The van der Waals surface area contributed by atoms with Gasteiger partial charge in [0.05, 0.1) is 0 Å². The third-order valence-corrected chi connectivity index (χ3v) is 3.73. The summed E-state index contributed by atoms with van der Waals surface area (Å²) < 4.78 is 1.15. The predicted octanol–water partition coefficient (Wildman–Crippen LogP) is 3.90. The van der Waals surface area contributed by atoms with Crippen molar-refractivity contribution in [3.63, 3.8) is 0 Å². The molecule has 0 aromatic heterocycles. The largest absolute Gasteiger partial charge is 0.307 e. The van der Waals surface area contributed by atoms with E-state index in [2.05, 4.69) is 59.4 Å². The van der Waals surface area contributed by atoms with Gasteiger partial charge in [-0.2, -0.15) is 0 Å². The van der Waals surface area contributed by atoms with Crippen LogP contribution in [0.4, 0.5) is 0 Å². The first kappa shape index (κ1) is 11.2. The maximum absolute atomic E-state index is 3.71. The Labute approximate surface area is 100 Å². The van der Waals surface area contributed by atoms with Crippen molar-refractivity contribution in [3.05, 3.63) is 34.3 Å². The summed E-state index contributed by atoms with van der Waals surface area (Å²) in [5, 5.41) is 3.71. The molecule has 1 N–H and O–H groups in total. The van der Waals surface area contributed by atoms with Gasteiger partial charge in [-0.15, -0.1) is 0 Å². The Morgan fingerprint density at radius 1 is 1.40 bits per heavy atom. The smallest absolute Gasteiger partial charge is 0.0320 e. The second kappa shape index (κ2) is 4.67. The summed E-state index contributed by atoms with van der Waals surface area (Å²) in [6.45, 7) is 4.55. The van der Waals surface area contributed by atoms with Crippen molar-refractivity contribution in [2.24, 2.45) is 5.92 Å². The van der Waals surface area contributed by atoms with Gasteiger partial charge < -0.3 is 5.32 Å². The summed E-state index contributed by atoms with van der Waals surface area (Å²) in [5.41, 5.74) is 1.40. The summed E-state index contributed by atoms with van der Waals surface area (Å²) in [4.78, 5) is 0. The fraction of sp³-hybridized carbons (Fsp3) is 0.538. The van der Waals surface area contributed by atoms with E-state index in [4.69, 9.17) is 0 Å². The van der Waals surface area contributed by atoms with E-state index in [0.717, 1.165) is 22.9 Å². The molecule has 2 rings (SSSR count). The Hall–Kier alpha value is -0.340. The maximum atomic E-state index is 3.71. The van der Waals surface area contributed by atoms with Gasteiger partial charge in [-0.1, -0.05) is 41.9 Å². The highest BCUT2D eigenvalue weighted by atomic mass is 79.9. The van der Waals surface area contributed by atoms with Gasteiger partial charge in [-0.05, 0) is 36.5 Å². The zero-order valence-corrected chi connectivity index (χ0v) is 10.9. The predicted molar refractivity (Wildman–Crippen MR) is 67.9 cm³/mol. The van der Waals surface area contributed by atoms with E-state index in [1.165, 1.54) is 12.0 Å². The highest BCUT2D eigenvalue weighted by molar-refractivity contribution is 9.10. The van der Waals surface area contributed by atoms with Crippen LogP contribution in [0.3, 0.4) is 0 Å². The van der Waals surface area contributed by atoms with Gasteiger partial charge in [-0.25, -0.2) is 0 Å². The average Bonchev–Trinajstić information content (AvgIpc) is 2.92. The topological polar surface area (TPSA) is 12.0 Å². The van der Waals surface area contributed by atoms with Crippen LogP contribution < -0.4 is 5.32 Å². The van der Waals surface area contributed by atoms with Crippen LogP contribution in [0, 0.1) is 5.92 Å². The second-order valence-corrected chi connectivity index (χ2v) is 5.41. The lowest BCUT2D eigenvalue weighted by atomic mass is 10.0. The summed E-state index contributed by atoms with van der Waals surface area (Å²) >= 11 is 3.47. The lowest BCUT2D eigenvalue weighted by Crippen LogP contribution is -2.23. The Morgan fingerprint density at radius 3 is 2.47 bits per heavy atom. The van der Waals surface area contributed by atoms with E-state index < -0.39 is 0 Å². The molecule has 3 unspecified atom stereocenters. The average molecular weight is 268 g/mol. The normalized spacial score (nSPS) is 26.3. The van der Waals surface area contributed by atoms with Crippen LogP contribution in [0.25, 0.3) is 0 Å². The molecular formula is C13H18BrN. The van der Waals surface area contributed by atoms with E-state index in [-0.39, 0.29) is 0 Å². The fourth-order valence-corrected chi connectivity index (χ4v) is 2.22.